The van der Waals surface area contributed by atoms with E-state index in [1.165, 1.54) is 11.1 Å². The van der Waals surface area contributed by atoms with Crippen molar-refractivity contribution in [2.24, 2.45) is 0 Å². The summed E-state index contributed by atoms with van der Waals surface area (Å²) in [7, 11) is 0. The molecule has 0 bridgehead atoms. The lowest BCUT2D eigenvalue weighted by molar-refractivity contribution is -0.136. The van der Waals surface area contributed by atoms with E-state index in [-0.39, 0.29) is 5.91 Å². The minimum absolute atomic E-state index is 0.104. The molecule has 0 radical (unpaired) electrons. The normalized spacial score (nSPS) is 18.9. The number of benzene rings is 1. The Morgan fingerprint density at radius 3 is 3.05 bits per heavy atom. The molecule has 1 atom stereocenters. The molecule has 1 saturated heterocycles. The first kappa shape index (κ1) is 13.6. The topological polar surface area (TPSA) is 53.3 Å². The maximum Gasteiger partial charge on any atom is 0.223 e. The number of hydrogen-bond acceptors (Lipinski definition) is 3. The molecule has 1 fully saturated rings. The van der Waals surface area contributed by atoms with E-state index in [9.17, 15) is 4.79 Å². The number of nitrogens with zero attached hydrogens (tertiary/aromatic N) is 2. The molecule has 0 N–H and O–H groups in total. The minimum Gasteiger partial charge on any atom is -0.360 e. The summed E-state index contributed by atoms with van der Waals surface area (Å²) in [6.45, 7) is 3.49. The molecule has 0 spiro atoms. The third-order valence-corrected chi connectivity index (χ3v) is 3.43. The van der Waals surface area contributed by atoms with Crippen LogP contribution in [0.3, 0.4) is 0 Å². The van der Waals surface area contributed by atoms with Gasteiger partial charge in [0.15, 0.2) is 6.10 Å². The van der Waals surface area contributed by atoms with Gasteiger partial charge in [0, 0.05) is 13.0 Å². The van der Waals surface area contributed by atoms with Gasteiger partial charge >= 0.3 is 0 Å². The van der Waals surface area contributed by atoms with Gasteiger partial charge in [-0.2, -0.15) is 5.26 Å². The Labute approximate surface area is 113 Å². The van der Waals surface area contributed by atoms with Crippen LogP contribution >= 0.6 is 0 Å². The van der Waals surface area contributed by atoms with Crippen molar-refractivity contribution < 1.29 is 9.53 Å². The standard InChI is InChI=1S/C15H18N2O2/c1-12-4-2-3-5-13(12)6-7-15(18)17-8-9-19-14(10-16)11-17/h2-5,14H,6-9,11H2,1H3. The Morgan fingerprint density at radius 2 is 2.32 bits per heavy atom. The van der Waals surface area contributed by atoms with Crippen LogP contribution < -0.4 is 0 Å². The van der Waals surface area contributed by atoms with Gasteiger partial charge in [-0.05, 0) is 24.5 Å². The number of ether oxygens (including phenoxy) is 1. The summed E-state index contributed by atoms with van der Waals surface area (Å²) in [6, 6.07) is 10.2. The molecule has 1 unspecified atom stereocenters. The first-order chi connectivity index (χ1) is 9.20. The Bertz CT molecular complexity index is 493. The first-order valence-corrected chi connectivity index (χ1v) is 6.54. The molecule has 0 aromatic heterocycles. The molecule has 1 aliphatic rings. The number of morpholine rings is 1. The van der Waals surface area contributed by atoms with Crippen molar-refractivity contribution in [2.75, 3.05) is 19.7 Å². The van der Waals surface area contributed by atoms with Crippen molar-refractivity contribution in [2.45, 2.75) is 25.9 Å². The van der Waals surface area contributed by atoms with Crippen LogP contribution in [-0.2, 0) is 16.0 Å². The Kier molecular flexibility index (Phi) is 4.53. The second-order valence-electron chi connectivity index (χ2n) is 4.75. The summed E-state index contributed by atoms with van der Waals surface area (Å²) in [5.74, 6) is 0.104. The maximum atomic E-state index is 12.1. The van der Waals surface area contributed by atoms with E-state index in [0.29, 0.717) is 26.1 Å². The average Bonchev–Trinajstić information content (AvgIpc) is 2.46. The van der Waals surface area contributed by atoms with Gasteiger partial charge in [0.2, 0.25) is 5.91 Å². The molecule has 1 aliphatic heterocycles. The minimum atomic E-state index is -0.476. The lowest BCUT2D eigenvalue weighted by Crippen LogP contribution is -2.45. The molecule has 2 rings (SSSR count). The number of carbonyl (C=O) groups excluding carboxylic acids is 1. The van der Waals surface area contributed by atoms with Crippen molar-refractivity contribution in [3.8, 4) is 6.07 Å². The molecular formula is C15H18N2O2. The molecule has 19 heavy (non-hydrogen) atoms. The summed E-state index contributed by atoms with van der Waals surface area (Å²) >= 11 is 0. The number of carbonyl (C=O) groups is 1. The van der Waals surface area contributed by atoms with Crippen LogP contribution in [-0.4, -0.2) is 36.6 Å². The predicted molar refractivity (Wildman–Crippen MR) is 71.4 cm³/mol. The van der Waals surface area contributed by atoms with Crippen molar-refractivity contribution in [3.05, 3.63) is 35.4 Å². The fourth-order valence-corrected chi connectivity index (χ4v) is 2.24. The van der Waals surface area contributed by atoms with Crippen LogP contribution in [0, 0.1) is 18.3 Å². The number of aryl methyl sites for hydroxylation is 2. The molecule has 1 heterocycles. The van der Waals surface area contributed by atoms with Crippen LogP contribution in [0.25, 0.3) is 0 Å². The zero-order valence-electron chi connectivity index (χ0n) is 11.1. The van der Waals surface area contributed by atoms with Crippen molar-refractivity contribution in [3.63, 3.8) is 0 Å². The summed E-state index contributed by atoms with van der Waals surface area (Å²) < 4.78 is 5.23. The smallest absolute Gasteiger partial charge is 0.223 e. The fraction of sp³-hybridized carbons (Fsp3) is 0.467. The van der Waals surface area contributed by atoms with E-state index < -0.39 is 6.10 Å². The lowest BCUT2D eigenvalue weighted by atomic mass is 10.0. The highest BCUT2D eigenvalue weighted by molar-refractivity contribution is 5.76. The molecule has 100 valence electrons. The lowest BCUT2D eigenvalue weighted by Gasteiger charge is -2.29. The molecule has 1 aromatic rings. The van der Waals surface area contributed by atoms with Crippen LogP contribution in [0.1, 0.15) is 17.5 Å². The van der Waals surface area contributed by atoms with E-state index >= 15 is 0 Å². The summed E-state index contributed by atoms with van der Waals surface area (Å²) in [5, 5.41) is 8.82. The van der Waals surface area contributed by atoms with Crippen LogP contribution in [0.15, 0.2) is 24.3 Å². The van der Waals surface area contributed by atoms with E-state index in [1.54, 1.807) is 4.90 Å². The van der Waals surface area contributed by atoms with Crippen LogP contribution in [0.5, 0.6) is 0 Å². The number of rotatable bonds is 3. The molecule has 1 amide bonds. The highest BCUT2D eigenvalue weighted by Gasteiger charge is 2.23. The zero-order valence-corrected chi connectivity index (χ0v) is 11.1. The largest absolute Gasteiger partial charge is 0.360 e. The second-order valence-corrected chi connectivity index (χ2v) is 4.75. The second kappa shape index (κ2) is 6.35. The molecule has 4 nitrogen and oxygen atoms in total. The Balaban J connectivity index is 1.88. The number of amides is 1. The summed E-state index contributed by atoms with van der Waals surface area (Å²) in [4.78, 5) is 13.8. The fourth-order valence-electron chi connectivity index (χ4n) is 2.24. The molecule has 4 heteroatoms. The van der Waals surface area contributed by atoms with Crippen LogP contribution in [0.2, 0.25) is 0 Å². The van der Waals surface area contributed by atoms with Crippen LogP contribution in [0.4, 0.5) is 0 Å². The van der Waals surface area contributed by atoms with Crippen molar-refractivity contribution in [1.82, 2.24) is 4.90 Å². The highest BCUT2D eigenvalue weighted by Crippen LogP contribution is 2.12. The van der Waals surface area contributed by atoms with Gasteiger partial charge in [-0.25, -0.2) is 0 Å². The van der Waals surface area contributed by atoms with Gasteiger partial charge in [-0.15, -0.1) is 0 Å². The third-order valence-electron chi connectivity index (χ3n) is 3.43. The SMILES string of the molecule is Cc1ccccc1CCC(=O)N1CCOC(C#N)C1. The maximum absolute atomic E-state index is 12.1. The zero-order chi connectivity index (χ0) is 13.7. The van der Waals surface area contributed by atoms with E-state index in [0.717, 1.165) is 6.42 Å². The molecule has 0 aliphatic carbocycles. The summed E-state index contributed by atoms with van der Waals surface area (Å²) in [6.07, 6.45) is 0.763. The summed E-state index contributed by atoms with van der Waals surface area (Å²) in [5.41, 5.74) is 2.42. The number of nitriles is 1. The van der Waals surface area contributed by atoms with E-state index in [2.05, 4.69) is 25.1 Å². The van der Waals surface area contributed by atoms with E-state index in [4.69, 9.17) is 10.00 Å². The van der Waals surface area contributed by atoms with E-state index in [1.807, 2.05) is 12.1 Å². The average molecular weight is 258 g/mol. The quantitative estimate of drug-likeness (QED) is 0.829. The van der Waals surface area contributed by atoms with Crippen molar-refractivity contribution in [1.29, 1.82) is 5.26 Å². The van der Waals surface area contributed by atoms with Gasteiger partial charge in [-0.1, -0.05) is 24.3 Å². The predicted octanol–water partition coefficient (Wildman–Crippen LogP) is 1.68. The number of hydrogen-bond donors (Lipinski definition) is 0. The van der Waals surface area contributed by atoms with Gasteiger partial charge in [0.05, 0.1) is 19.2 Å². The first-order valence-electron chi connectivity index (χ1n) is 6.54. The van der Waals surface area contributed by atoms with Crippen molar-refractivity contribution >= 4 is 5.91 Å². The Hall–Kier alpha value is -1.86. The molecule has 0 saturated carbocycles. The highest BCUT2D eigenvalue weighted by atomic mass is 16.5. The molecule has 1 aromatic carbocycles. The monoisotopic (exact) mass is 258 g/mol. The molecular weight excluding hydrogens is 240 g/mol. The van der Waals surface area contributed by atoms with Gasteiger partial charge in [0.1, 0.15) is 0 Å². The van der Waals surface area contributed by atoms with Gasteiger partial charge in [-0.3, -0.25) is 4.79 Å². The third kappa shape index (κ3) is 3.55. The Morgan fingerprint density at radius 1 is 1.53 bits per heavy atom. The van der Waals surface area contributed by atoms with Gasteiger partial charge in [0.25, 0.3) is 0 Å². The van der Waals surface area contributed by atoms with Gasteiger partial charge < -0.3 is 9.64 Å².